The van der Waals surface area contributed by atoms with Crippen LogP contribution >= 0.6 is 0 Å². The molecular weight excluding hydrogens is 320 g/mol. The largest absolute Gasteiger partial charge is 0.367 e. The number of nitrogens with one attached hydrogen (secondary N) is 1. The Morgan fingerprint density at radius 3 is 2.83 bits per heavy atom. The second-order valence-corrected chi connectivity index (χ2v) is 6.02. The minimum Gasteiger partial charge on any atom is -0.367 e. The van der Waals surface area contributed by atoms with Gasteiger partial charge < -0.3 is 14.8 Å². The highest BCUT2D eigenvalue weighted by Gasteiger charge is 2.32. The number of ether oxygens (including phenoxy) is 2. The standard InChI is InChI=1S/C15H19F2N5O2/c1-9-4-11(14(16)17)22(21-9)13-5-12(19-8-20-13)18-6-10-7-23-15(2,3)24-10/h4-5,8,10,14H,6-7H2,1-3H3,(H,18,19,20). The smallest absolute Gasteiger partial charge is 0.280 e. The van der Waals surface area contributed by atoms with Crippen LogP contribution in [0.3, 0.4) is 0 Å². The lowest BCUT2D eigenvalue weighted by Crippen LogP contribution is -2.26. The quantitative estimate of drug-likeness (QED) is 0.902. The average Bonchev–Trinajstić information content (AvgIpc) is 3.08. The van der Waals surface area contributed by atoms with Crippen LogP contribution in [0.15, 0.2) is 18.5 Å². The summed E-state index contributed by atoms with van der Waals surface area (Å²) in [5.74, 6) is 0.184. The van der Waals surface area contributed by atoms with Gasteiger partial charge in [-0.2, -0.15) is 5.10 Å². The molecule has 3 heterocycles. The first-order valence-electron chi connectivity index (χ1n) is 7.57. The average molecular weight is 339 g/mol. The van der Waals surface area contributed by atoms with Gasteiger partial charge in [0.05, 0.1) is 12.3 Å². The highest BCUT2D eigenvalue weighted by atomic mass is 19.3. The Hall–Kier alpha value is -2.13. The summed E-state index contributed by atoms with van der Waals surface area (Å²) in [5.41, 5.74) is 0.295. The molecule has 3 rings (SSSR count). The SMILES string of the molecule is Cc1cc(C(F)F)n(-c2cc(NCC3COC(C)(C)O3)ncn2)n1. The number of alkyl halides is 2. The molecule has 130 valence electrons. The molecule has 1 atom stereocenters. The summed E-state index contributed by atoms with van der Waals surface area (Å²) in [6, 6.07) is 2.91. The maximum absolute atomic E-state index is 13.1. The predicted octanol–water partition coefficient (Wildman–Crippen LogP) is 2.47. The Bertz CT molecular complexity index is 720. The summed E-state index contributed by atoms with van der Waals surface area (Å²) in [6.07, 6.45) is -1.44. The van der Waals surface area contributed by atoms with E-state index in [1.807, 2.05) is 13.8 Å². The number of halogens is 2. The van der Waals surface area contributed by atoms with Crippen LogP contribution < -0.4 is 5.32 Å². The fourth-order valence-electron chi connectivity index (χ4n) is 2.50. The van der Waals surface area contributed by atoms with E-state index >= 15 is 0 Å². The Balaban J connectivity index is 1.73. The van der Waals surface area contributed by atoms with Crippen molar-refractivity contribution in [2.75, 3.05) is 18.5 Å². The third-order valence-electron chi connectivity index (χ3n) is 3.53. The predicted molar refractivity (Wildman–Crippen MR) is 82.2 cm³/mol. The van der Waals surface area contributed by atoms with Crippen LogP contribution in [0, 0.1) is 6.92 Å². The lowest BCUT2D eigenvalue weighted by atomic mass is 10.3. The van der Waals surface area contributed by atoms with Crippen LogP contribution in [-0.4, -0.2) is 44.8 Å². The first-order valence-corrected chi connectivity index (χ1v) is 7.57. The molecule has 1 aliphatic rings. The summed E-state index contributed by atoms with van der Waals surface area (Å²) in [6.45, 7) is 6.32. The second-order valence-electron chi connectivity index (χ2n) is 6.02. The monoisotopic (exact) mass is 339 g/mol. The van der Waals surface area contributed by atoms with Crippen molar-refractivity contribution >= 4 is 5.82 Å². The van der Waals surface area contributed by atoms with Crippen molar-refractivity contribution in [3.8, 4) is 5.82 Å². The van der Waals surface area contributed by atoms with E-state index < -0.39 is 12.2 Å². The number of aryl methyl sites for hydroxylation is 1. The molecule has 2 aromatic rings. The Morgan fingerprint density at radius 2 is 2.17 bits per heavy atom. The normalized spacial score (nSPS) is 19.8. The van der Waals surface area contributed by atoms with E-state index in [0.717, 1.165) is 4.68 Å². The molecule has 1 aliphatic heterocycles. The highest BCUT2D eigenvalue weighted by molar-refractivity contribution is 5.41. The van der Waals surface area contributed by atoms with Crippen molar-refractivity contribution in [3.63, 3.8) is 0 Å². The molecule has 0 aliphatic carbocycles. The molecule has 0 radical (unpaired) electrons. The van der Waals surface area contributed by atoms with Gasteiger partial charge in [0.2, 0.25) is 0 Å². The fraction of sp³-hybridized carbons (Fsp3) is 0.533. The van der Waals surface area contributed by atoms with Crippen molar-refractivity contribution in [2.45, 2.75) is 39.1 Å². The zero-order valence-electron chi connectivity index (χ0n) is 13.7. The van der Waals surface area contributed by atoms with Crippen LogP contribution in [0.5, 0.6) is 0 Å². The zero-order valence-corrected chi connectivity index (χ0v) is 13.7. The maximum Gasteiger partial charge on any atom is 0.280 e. The number of aromatic nitrogens is 4. The molecule has 1 N–H and O–H groups in total. The number of rotatable bonds is 5. The molecule has 1 fully saturated rings. The number of hydrogen-bond donors (Lipinski definition) is 1. The molecule has 1 saturated heterocycles. The minimum absolute atomic E-state index is 0.109. The molecule has 1 unspecified atom stereocenters. The van der Waals surface area contributed by atoms with Gasteiger partial charge in [0.1, 0.15) is 23.9 Å². The lowest BCUT2D eigenvalue weighted by Gasteiger charge is -2.17. The molecule has 0 bridgehead atoms. The molecule has 0 aromatic carbocycles. The molecule has 7 nitrogen and oxygen atoms in total. The van der Waals surface area contributed by atoms with Gasteiger partial charge in [-0.3, -0.25) is 0 Å². The first-order chi connectivity index (χ1) is 11.3. The van der Waals surface area contributed by atoms with Gasteiger partial charge in [-0.1, -0.05) is 0 Å². The molecule has 24 heavy (non-hydrogen) atoms. The van der Waals surface area contributed by atoms with Gasteiger partial charge in [0, 0.05) is 12.6 Å². The highest BCUT2D eigenvalue weighted by Crippen LogP contribution is 2.24. The van der Waals surface area contributed by atoms with Crippen LogP contribution in [0.2, 0.25) is 0 Å². The van der Waals surface area contributed by atoms with Crippen LogP contribution in [-0.2, 0) is 9.47 Å². The summed E-state index contributed by atoms with van der Waals surface area (Å²) in [4.78, 5) is 8.13. The third-order valence-corrected chi connectivity index (χ3v) is 3.53. The topological polar surface area (TPSA) is 74.1 Å². The molecular formula is C15H19F2N5O2. The van der Waals surface area contributed by atoms with Crippen LogP contribution in [0.4, 0.5) is 14.6 Å². The molecule has 0 saturated carbocycles. The van der Waals surface area contributed by atoms with Crippen molar-refractivity contribution < 1.29 is 18.3 Å². The van der Waals surface area contributed by atoms with E-state index in [-0.39, 0.29) is 17.6 Å². The molecule has 0 spiro atoms. The minimum atomic E-state index is -2.64. The number of hydrogen-bond acceptors (Lipinski definition) is 6. The molecule has 0 amide bonds. The Labute approximate surface area is 138 Å². The molecule has 9 heteroatoms. The van der Waals surface area contributed by atoms with Crippen molar-refractivity contribution in [2.24, 2.45) is 0 Å². The van der Waals surface area contributed by atoms with E-state index in [1.54, 1.807) is 13.0 Å². The first kappa shape index (κ1) is 16.7. The Kier molecular flexibility index (Phi) is 4.46. The van der Waals surface area contributed by atoms with E-state index in [4.69, 9.17) is 9.47 Å². The maximum atomic E-state index is 13.1. The lowest BCUT2D eigenvalue weighted by molar-refractivity contribution is -0.136. The van der Waals surface area contributed by atoms with Gasteiger partial charge in [-0.25, -0.2) is 23.4 Å². The van der Waals surface area contributed by atoms with Crippen LogP contribution in [0.1, 0.15) is 31.7 Å². The van der Waals surface area contributed by atoms with Crippen molar-refractivity contribution in [3.05, 3.63) is 29.8 Å². The second kappa shape index (κ2) is 6.40. The Morgan fingerprint density at radius 1 is 1.38 bits per heavy atom. The van der Waals surface area contributed by atoms with Crippen LogP contribution in [0.25, 0.3) is 5.82 Å². The summed E-state index contributed by atoms with van der Waals surface area (Å²) in [5, 5.41) is 7.18. The zero-order chi connectivity index (χ0) is 17.3. The van der Waals surface area contributed by atoms with E-state index in [1.165, 1.54) is 12.4 Å². The third kappa shape index (κ3) is 3.68. The summed E-state index contributed by atoms with van der Waals surface area (Å²) in [7, 11) is 0. The van der Waals surface area contributed by atoms with E-state index in [9.17, 15) is 8.78 Å². The van der Waals surface area contributed by atoms with E-state index in [2.05, 4.69) is 20.4 Å². The van der Waals surface area contributed by atoms with Crippen molar-refractivity contribution in [1.29, 1.82) is 0 Å². The fourth-order valence-corrected chi connectivity index (χ4v) is 2.50. The number of anilines is 1. The number of nitrogens with zero attached hydrogens (tertiary/aromatic N) is 4. The van der Waals surface area contributed by atoms with Gasteiger partial charge >= 0.3 is 0 Å². The van der Waals surface area contributed by atoms with E-state index in [0.29, 0.717) is 24.7 Å². The van der Waals surface area contributed by atoms with Crippen molar-refractivity contribution in [1.82, 2.24) is 19.7 Å². The van der Waals surface area contributed by atoms with Gasteiger partial charge in [0.25, 0.3) is 6.43 Å². The van der Waals surface area contributed by atoms with Gasteiger partial charge in [0.15, 0.2) is 11.6 Å². The molecule has 2 aromatic heterocycles. The van der Waals surface area contributed by atoms with Gasteiger partial charge in [-0.05, 0) is 26.8 Å². The summed E-state index contributed by atoms with van der Waals surface area (Å²) >= 11 is 0. The summed E-state index contributed by atoms with van der Waals surface area (Å²) < 4.78 is 38.5. The van der Waals surface area contributed by atoms with Gasteiger partial charge in [-0.15, -0.1) is 0 Å².